The number of hydrogen-bond donors (Lipinski definition) is 1. The number of aromatic hydroxyl groups is 1. The van der Waals surface area contributed by atoms with E-state index in [1.54, 1.807) is 6.07 Å². The van der Waals surface area contributed by atoms with Gasteiger partial charge in [0.1, 0.15) is 23.7 Å². The summed E-state index contributed by atoms with van der Waals surface area (Å²) in [5.74, 6) is 0.980. The maximum atomic E-state index is 9.89. The van der Waals surface area contributed by atoms with Crippen molar-refractivity contribution in [3.63, 3.8) is 0 Å². The van der Waals surface area contributed by atoms with Crippen LogP contribution in [0.25, 0.3) is 5.76 Å². The molecule has 0 bridgehead atoms. The van der Waals surface area contributed by atoms with Crippen molar-refractivity contribution in [1.82, 2.24) is 0 Å². The lowest BCUT2D eigenvalue weighted by Gasteiger charge is -2.47. The van der Waals surface area contributed by atoms with Crippen molar-refractivity contribution in [2.24, 2.45) is 0 Å². The van der Waals surface area contributed by atoms with Crippen molar-refractivity contribution in [1.29, 1.82) is 0 Å². The molecule has 176 valence electrons. The molecule has 1 N–H and O–H groups in total. The van der Waals surface area contributed by atoms with E-state index >= 15 is 0 Å². The largest absolute Gasteiger partial charge is 0.507 e. The third-order valence-corrected chi connectivity index (χ3v) is 16.7. The molecule has 1 aliphatic rings. The molecule has 2 rings (SSSR count). The van der Waals surface area contributed by atoms with E-state index in [0.29, 0.717) is 4.47 Å². The standard InChI is InChI=1S/C24H41BrO4Si2/c1-16-22(29-31(10,11)24(5,6)7)21(28-30(8,9)23(2,3)4)15-20(27-16)17-12-13-19(26)18(25)14-17/h12-16,21-22,26H,1-11H3/t16-,21-,22-/m0/s1. The summed E-state index contributed by atoms with van der Waals surface area (Å²) >= 11 is 3.41. The Kier molecular flexibility index (Phi) is 7.71. The normalized spacial score (nSPS) is 23.4. The van der Waals surface area contributed by atoms with Gasteiger partial charge in [-0.2, -0.15) is 0 Å². The van der Waals surface area contributed by atoms with Gasteiger partial charge in [0.2, 0.25) is 0 Å². The first-order chi connectivity index (χ1) is 13.9. The average Bonchev–Trinajstić information content (AvgIpc) is 2.57. The Bertz CT molecular complexity index is 822. The summed E-state index contributed by atoms with van der Waals surface area (Å²) in [6.07, 6.45) is 1.56. The van der Waals surface area contributed by atoms with Crippen LogP contribution in [0.4, 0.5) is 0 Å². The van der Waals surface area contributed by atoms with Gasteiger partial charge < -0.3 is 18.7 Å². The monoisotopic (exact) mass is 528 g/mol. The maximum absolute atomic E-state index is 9.89. The highest BCUT2D eigenvalue weighted by Crippen LogP contribution is 2.43. The molecule has 1 aromatic carbocycles. The second kappa shape index (κ2) is 8.97. The van der Waals surface area contributed by atoms with Crippen molar-refractivity contribution >= 4 is 38.3 Å². The van der Waals surface area contributed by atoms with Crippen molar-refractivity contribution in [2.75, 3.05) is 0 Å². The fourth-order valence-electron chi connectivity index (χ4n) is 2.94. The lowest BCUT2D eigenvalue weighted by Crippen LogP contribution is -2.55. The first kappa shape index (κ1) is 26.6. The fraction of sp³-hybridized carbons (Fsp3) is 0.667. The van der Waals surface area contributed by atoms with Crippen molar-refractivity contribution in [3.8, 4) is 5.75 Å². The lowest BCUT2D eigenvalue weighted by atomic mass is 10.0. The number of phenolic OH excluding ortho intramolecular Hbond substituents is 1. The van der Waals surface area contributed by atoms with Crippen molar-refractivity contribution in [2.45, 2.75) is 103 Å². The van der Waals surface area contributed by atoms with Gasteiger partial charge in [0, 0.05) is 5.56 Å². The van der Waals surface area contributed by atoms with E-state index in [4.69, 9.17) is 13.6 Å². The summed E-state index contributed by atoms with van der Waals surface area (Å²) in [5.41, 5.74) is 0.908. The lowest BCUT2D eigenvalue weighted by molar-refractivity contribution is -0.0331. The van der Waals surface area contributed by atoms with E-state index < -0.39 is 16.6 Å². The van der Waals surface area contributed by atoms with E-state index in [2.05, 4.69) is 96.7 Å². The number of benzene rings is 1. The van der Waals surface area contributed by atoms with Gasteiger partial charge in [0.05, 0.1) is 10.6 Å². The summed E-state index contributed by atoms with van der Waals surface area (Å²) in [4.78, 5) is 0. The highest BCUT2D eigenvalue weighted by molar-refractivity contribution is 9.10. The van der Waals surface area contributed by atoms with Crippen LogP contribution in [0, 0.1) is 0 Å². The zero-order valence-electron chi connectivity index (χ0n) is 21.1. The first-order valence-corrected chi connectivity index (χ1v) is 17.7. The van der Waals surface area contributed by atoms with Crippen LogP contribution in [0.15, 0.2) is 28.7 Å². The highest BCUT2D eigenvalue weighted by Gasteiger charge is 2.47. The van der Waals surface area contributed by atoms with Crippen LogP contribution < -0.4 is 0 Å². The highest BCUT2D eigenvalue weighted by atomic mass is 79.9. The van der Waals surface area contributed by atoms with Gasteiger partial charge in [-0.3, -0.25) is 0 Å². The van der Waals surface area contributed by atoms with Gasteiger partial charge in [-0.05, 0) is 83.4 Å². The Morgan fingerprint density at radius 3 is 1.94 bits per heavy atom. The molecule has 0 aromatic heterocycles. The fourth-order valence-corrected chi connectivity index (χ4v) is 5.91. The molecule has 0 aliphatic carbocycles. The minimum atomic E-state index is -2.05. The van der Waals surface area contributed by atoms with E-state index in [-0.39, 0.29) is 34.1 Å². The van der Waals surface area contributed by atoms with Gasteiger partial charge in [-0.15, -0.1) is 0 Å². The minimum absolute atomic E-state index is 0.0889. The molecule has 0 saturated heterocycles. The summed E-state index contributed by atoms with van der Waals surface area (Å²) in [6, 6.07) is 5.43. The van der Waals surface area contributed by atoms with Crippen LogP contribution in [0.3, 0.4) is 0 Å². The summed E-state index contributed by atoms with van der Waals surface area (Å²) in [5, 5.41) is 10.1. The molecular formula is C24H41BrO4Si2. The molecule has 4 nitrogen and oxygen atoms in total. The van der Waals surface area contributed by atoms with Crippen molar-refractivity contribution in [3.05, 3.63) is 34.3 Å². The Morgan fingerprint density at radius 1 is 0.935 bits per heavy atom. The average molecular weight is 530 g/mol. The number of phenols is 1. The maximum Gasteiger partial charge on any atom is 0.193 e. The third kappa shape index (κ3) is 6.05. The quantitative estimate of drug-likeness (QED) is 0.397. The summed E-state index contributed by atoms with van der Waals surface area (Å²) in [7, 11) is -4.08. The predicted molar refractivity (Wildman–Crippen MR) is 138 cm³/mol. The Labute approximate surface area is 199 Å². The first-order valence-electron chi connectivity index (χ1n) is 11.1. The molecule has 0 amide bonds. The molecule has 0 radical (unpaired) electrons. The van der Waals surface area contributed by atoms with Gasteiger partial charge in [-0.25, -0.2) is 0 Å². The van der Waals surface area contributed by atoms with E-state index in [1.807, 2.05) is 12.1 Å². The number of hydrogen-bond acceptors (Lipinski definition) is 4. The molecule has 1 aromatic rings. The zero-order valence-corrected chi connectivity index (χ0v) is 24.7. The topological polar surface area (TPSA) is 47.9 Å². The minimum Gasteiger partial charge on any atom is -0.507 e. The van der Waals surface area contributed by atoms with E-state index in [9.17, 15) is 5.11 Å². The SMILES string of the molecule is C[C@@H]1OC(c2ccc(O)c(Br)c2)=C[C@H](O[Si](C)(C)C(C)(C)C)[C@H]1O[Si](C)(C)C(C)(C)C. The van der Waals surface area contributed by atoms with Gasteiger partial charge >= 0.3 is 0 Å². The zero-order chi connectivity index (χ0) is 24.0. The molecule has 1 heterocycles. The van der Waals surface area contributed by atoms with Crippen LogP contribution >= 0.6 is 15.9 Å². The van der Waals surface area contributed by atoms with Crippen LogP contribution in [-0.4, -0.2) is 40.1 Å². The van der Waals surface area contributed by atoms with E-state index in [1.165, 1.54) is 0 Å². The Morgan fingerprint density at radius 2 is 1.45 bits per heavy atom. The van der Waals surface area contributed by atoms with E-state index in [0.717, 1.165) is 11.3 Å². The smallest absolute Gasteiger partial charge is 0.193 e. The van der Waals surface area contributed by atoms with Crippen LogP contribution in [0.2, 0.25) is 36.3 Å². The van der Waals surface area contributed by atoms with Crippen LogP contribution in [-0.2, 0) is 13.6 Å². The number of ether oxygens (including phenoxy) is 1. The predicted octanol–water partition coefficient (Wildman–Crippen LogP) is 7.70. The van der Waals surface area contributed by atoms with Gasteiger partial charge in [0.25, 0.3) is 0 Å². The molecule has 0 unspecified atom stereocenters. The molecule has 0 fully saturated rings. The molecule has 0 spiro atoms. The second-order valence-corrected chi connectivity index (χ2v) is 22.1. The van der Waals surface area contributed by atoms with Crippen LogP contribution in [0.5, 0.6) is 5.75 Å². The molecular weight excluding hydrogens is 488 g/mol. The molecule has 7 heteroatoms. The number of halogens is 1. The number of rotatable bonds is 5. The molecule has 31 heavy (non-hydrogen) atoms. The van der Waals surface area contributed by atoms with Gasteiger partial charge in [0.15, 0.2) is 16.6 Å². The molecule has 3 atom stereocenters. The third-order valence-electron chi connectivity index (χ3n) is 7.12. The summed E-state index contributed by atoms with van der Waals surface area (Å²) in [6.45, 7) is 24.7. The van der Waals surface area contributed by atoms with Gasteiger partial charge in [-0.1, -0.05) is 41.5 Å². The summed E-state index contributed by atoms with van der Waals surface area (Å²) < 4.78 is 20.8. The van der Waals surface area contributed by atoms with Crippen LogP contribution in [0.1, 0.15) is 54.0 Å². The molecule has 1 aliphatic heterocycles. The second-order valence-electron chi connectivity index (χ2n) is 11.7. The van der Waals surface area contributed by atoms with Crippen molar-refractivity contribution < 1.29 is 18.7 Å². The Balaban J connectivity index is 2.50. The molecule has 0 saturated carbocycles. The Hall–Kier alpha value is -0.606.